The van der Waals surface area contributed by atoms with Crippen LogP contribution in [0, 0.1) is 0 Å². The molecule has 2 rings (SSSR count). The second-order valence-corrected chi connectivity index (χ2v) is 3.33. The molecule has 0 aliphatic carbocycles. The number of hydrogen-bond donors (Lipinski definition) is 0. The summed E-state index contributed by atoms with van der Waals surface area (Å²) in [6.45, 7) is 2.13. The molecule has 78 valence electrons. The molecule has 0 saturated carbocycles. The molecule has 0 aliphatic rings. The van der Waals surface area contributed by atoms with Crippen LogP contribution in [-0.4, -0.2) is 22.0 Å². The third kappa shape index (κ3) is 1.80. The van der Waals surface area contributed by atoms with Crippen molar-refractivity contribution in [2.24, 2.45) is 0 Å². The predicted octanol–water partition coefficient (Wildman–Crippen LogP) is 2.16. The summed E-state index contributed by atoms with van der Waals surface area (Å²) >= 11 is 5.85. The Hall–Kier alpha value is -1.55. The van der Waals surface area contributed by atoms with E-state index in [0.29, 0.717) is 23.0 Å². The normalized spacial score (nSPS) is 10.5. The first-order chi connectivity index (χ1) is 7.22. The number of aromatic nitrogens is 2. The lowest BCUT2D eigenvalue weighted by atomic mass is 10.3. The maximum Gasteiger partial charge on any atom is 0.338 e. The minimum atomic E-state index is -0.348. The van der Waals surface area contributed by atoms with E-state index in [9.17, 15) is 4.79 Å². The molecule has 0 unspecified atom stereocenters. The molecule has 2 aromatic rings. The van der Waals surface area contributed by atoms with Gasteiger partial charge >= 0.3 is 5.97 Å². The Morgan fingerprint density at radius 2 is 2.47 bits per heavy atom. The Morgan fingerprint density at radius 3 is 3.20 bits per heavy atom. The van der Waals surface area contributed by atoms with Crippen LogP contribution in [0.15, 0.2) is 24.5 Å². The minimum Gasteiger partial charge on any atom is -0.462 e. The molecule has 0 fully saturated rings. The number of fused-ring (bicyclic) bond motifs is 1. The number of rotatable bonds is 2. The minimum absolute atomic E-state index is 0.348. The van der Waals surface area contributed by atoms with E-state index < -0.39 is 0 Å². The van der Waals surface area contributed by atoms with Gasteiger partial charge in [0.25, 0.3) is 0 Å². The van der Waals surface area contributed by atoms with E-state index in [0.717, 1.165) is 0 Å². The van der Waals surface area contributed by atoms with Gasteiger partial charge in [-0.05, 0) is 19.1 Å². The second kappa shape index (κ2) is 3.90. The summed E-state index contributed by atoms with van der Waals surface area (Å²) in [4.78, 5) is 15.4. The average Bonchev–Trinajstić information content (AvgIpc) is 2.60. The maximum absolute atomic E-state index is 11.4. The smallest absolute Gasteiger partial charge is 0.338 e. The molecule has 5 heteroatoms. The SMILES string of the molecule is CCOC(=O)c1ccn2c(Cl)cnc2c1. The van der Waals surface area contributed by atoms with Crippen molar-refractivity contribution in [3.8, 4) is 0 Å². The molecule has 0 radical (unpaired) electrons. The molecule has 0 saturated heterocycles. The van der Waals surface area contributed by atoms with Gasteiger partial charge in [-0.15, -0.1) is 0 Å². The Bertz CT molecular complexity index is 507. The molecule has 0 atom stereocenters. The van der Waals surface area contributed by atoms with Gasteiger partial charge in [0.2, 0.25) is 0 Å². The molecule has 0 amide bonds. The highest BCUT2D eigenvalue weighted by Crippen LogP contribution is 2.13. The van der Waals surface area contributed by atoms with E-state index >= 15 is 0 Å². The van der Waals surface area contributed by atoms with Gasteiger partial charge in [-0.25, -0.2) is 9.78 Å². The Kier molecular flexibility index (Phi) is 2.60. The van der Waals surface area contributed by atoms with E-state index in [2.05, 4.69) is 4.98 Å². The fourth-order valence-corrected chi connectivity index (χ4v) is 1.48. The van der Waals surface area contributed by atoms with Gasteiger partial charge in [0, 0.05) is 6.20 Å². The number of hydrogen-bond acceptors (Lipinski definition) is 3. The van der Waals surface area contributed by atoms with Crippen LogP contribution in [0.1, 0.15) is 17.3 Å². The quantitative estimate of drug-likeness (QED) is 0.735. The van der Waals surface area contributed by atoms with Crippen molar-refractivity contribution in [2.75, 3.05) is 6.61 Å². The maximum atomic E-state index is 11.4. The van der Waals surface area contributed by atoms with E-state index in [1.54, 1.807) is 29.7 Å². The van der Waals surface area contributed by atoms with Crippen LogP contribution in [0.4, 0.5) is 0 Å². The summed E-state index contributed by atoms with van der Waals surface area (Å²) in [6, 6.07) is 3.29. The van der Waals surface area contributed by atoms with Crippen LogP contribution >= 0.6 is 11.6 Å². The van der Waals surface area contributed by atoms with Gasteiger partial charge in [-0.3, -0.25) is 4.40 Å². The lowest BCUT2D eigenvalue weighted by molar-refractivity contribution is 0.0526. The molecular formula is C10H9ClN2O2. The number of nitrogens with zero attached hydrogens (tertiary/aromatic N) is 2. The standard InChI is InChI=1S/C10H9ClN2O2/c1-2-15-10(14)7-3-4-13-8(11)6-12-9(13)5-7/h3-6H,2H2,1H3. The molecule has 4 nitrogen and oxygen atoms in total. The topological polar surface area (TPSA) is 43.6 Å². The van der Waals surface area contributed by atoms with Gasteiger partial charge in [0.15, 0.2) is 0 Å². The number of halogens is 1. The molecule has 0 N–H and O–H groups in total. The second-order valence-electron chi connectivity index (χ2n) is 2.95. The van der Waals surface area contributed by atoms with Crippen molar-refractivity contribution in [2.45, 2.75) is 6.92 Å². The summed E-state index contributed by atoms with van der Waals surface area (Å²) < 4.78 is 6.56. The average molecular weight is 225 g/mol. The zero-order valence-corrected chi connectivity index (χ0v) is 8.86. The largest absolute Gasteiger partial charge is 0.462 e. The Balaban J connectivity index is 2.43. The molecule has 0 spiro atoms. The van der Waals surface area contributed by atoms with Crippen LogP contribution in [0.5, 0.6) is 0 Å². The fraction of sp³-hybridized carbons (Fsp3) is 0.200. The highest BCUT2D eigenvalue weighted by atomic mass is 35.5. The van der Waals surface area contributed by atoms with Crippen molar-refractivity contribution >= 4 is 23.2 Å². The molecule has 2 aromatic heterocycles. The number of carbonyl (C=O) groups excluding carboxylic acids is 1. The lowest BCUT2D eigenvalue weighted by Gasteiger charge is -2.01. The number of ether oxygens (including phenoxy) is 1. The van der Waals surface area contributed by atoms with Gasteiger partial charge in [-0.2, -0.15) is 0 Å². The Labute approximate surface area is 91.4 Å². The van der Waals surface area contributed by atoms with E-state index in [4.69, 9.17) is 16.3 Å². The first-order valence-corrected chi connectivity index (χ1v) is 4.90. The predicted molar refractivity (Wildman–Crippen MR) is 56.2 cm³/mol. The van der Waals surface area contributed by atoms with E-state index in [1.807, 2.05) is 0 Å². The van der Waals surface area contributed by atoms with Crippen LogP contribution in [-0.2, 0) is 4.74 Å². The first-order valence-electron chi connectivity index (χ1n) is 4.52. The lowest BCUT2D eigenvalue weighted by Crippen LogP contribution is -2.05. The van der Waals surface area contributed by atoms with Crippen LogP contribution in [0.25, 0.3) is 5.65 Å². The molecule has 0 aromatic carbocycles. The summed E-state index contributed by atoms with van der Waals surface area (Å²) in [5.41, 5.74) is 1.11. The third-order valence-electron chi connectivity index (χ3n) is 1.98. The van der Waals surface area contributed by atoms with Gasteiger partial charge in [0.05, 0.1) is 18.4 Å². The van der Waals surface area contributed by atoms with Crippen molar-refractivity contribution in [3.05, 3.63) is 35.2 Å². The third-order valence-corrected chi connectivity index (χ3v) is 2.26. The van der Waals surface area contributed by atoms with Gasteiger partial charge in [-0.1, -0.05) is 11.6 Å². The van der Waals surface area contributed by atoms with Crippen LogP contribution in [0.3, 0.4) is 0 Å². The summed E-state index contributed by atoms with van der Waals surface area (Å²) in [5.74, 6) is -0.348. The fourth-order valence-electron chi connectivity index (χ4n) is 1.29. The van der Waals surface area contributed by atoms with Gasteiger partial charge < -0.3 is 4.74 Å². The summed E-state index contributed by atoms with van der Waals surface area (Å²) in [5, 5.41) is 0.514. The van der Waals surface area contributed by atoms with Crippen molar-refractivity contribution < 1.29 is 9.53 Å². The van der Waals surface area contributed by atoms with Gasteiger partial charge in [0.1, 0.15) is 10.8 Å². The number of esters is 1. The van der Waals surface area contributed by atoms with E-state index in [-0.39, 0.29) is 5.97 Å². The number of pyridine rings is 1. The highest BCUT2D eigenvalue weighted by Gasteiger charge is 2.08. The highest BCUT2D eigenvalue weighted by molar-refractivity contribution is 6.29. The molecular weight excluding hydrogens is 216 g/mol. The zero-order valence-electron chi connectivity index (χ0n) is 8.11. The monoisotopic (exact) mass is 224 g/mol. The zero-order chi connectivity index (χ0) is 10.8. The van der Waals surface area contributed by atoms with E-state index in [1.165, 1.54) is 6.20 Å². The molecule has 0 bridgehead atoms. The number of carbonyl (C=O) groups is 1. The van der Waals surface area contributed by atoms with Crippen LogP contribution in [0.2, 0.25) is 5.15 Å². The first kappa shape index (κ1) is 9.98. The van der Waals surface area contributed by atoms with Crippen molar-refractivity contribution in [3.63, 3.8) is 0 Å². The summed E-state index contributed by atoms with van der Waals surface area (Å²) in [7, 11) is 0. The summed E-state index contributed by atoms with van der Waals surface area (Å²) in [6.07, 6.45) is 3.22. The van der Waals surface area contributed by atoms with Crippen molar-refractivity contribution in [1.29, 1.82) is 0 Å². The molecule has 15 heavy (non-hydrogen) atoms. The Morgan fingerprint density at radius 1 is 1.67 bits per heavy atom. The van der Waals surface area contributed by atoms with Crippen LogP contribution < -0.4 is 0 Å². The molecule has 0 aliphatic heterocycles. The molecule has 2 heterocycles. The van der Waals surface area contributed by atoms with Crippen molar-refractivity contribution in [1.82, 2.24) is 9.38 Å². The number of imidazole rings is 1.